The molecule has 1 aliphatic heterocycles. The number of aromatic nitrogens is 3. The summed E-state index contributed by atoms with van der Waals surface area (Å²) in [5.41, 5.74) is 2.04. The predicted molar refractivity (Wildman–Crippen MR) is 94.6 cm³/mol. The second kappa shape index (κ2) is 7.12. The number of nitrogens with zero attached hydrogens (tertiary/aromatic N) is 4. The van der Waals surface area contributed by atoms with Crippen LogP contribution in [0.2, 0.25) is 0 Å². The van der Waals surface area contributed by atoms with Crippen molar-refractivity contribution in [1.82, 2.24) is 19.6 Å². The van der Waals surface area contributed by atoms with Gasteiger partial charge in [-0.3, -0.25) is 9.36 Å². The van der Waals surface area contributed by atoms with E-state index in [1.165, 1.54) is 12.8 Å². The zero-order chi connectivity index (χ0) is 17.2. The van der Waals surface area contributed by atoms with Gasteiger partial charge in [0, 0.05) is 37.6 Å². The van der Waals surface area contributed by atoms with E-state index in [1.54, 1.807) is 17.0 Å². The summed E-state index contributed by atoms with van der Waals surface area (Å²) < 4.78 is 7.07. The van der Waals surface area contributed by atoms with Crippen LogP contribution in [0.3, 0.4) is 0 Å². The molecule has 0 unspecified atom stereocenters. The summed E-state index contributed by atoms with van der Waals surface area (Å²) in [6.07, 6.45) is 7.30. The van der Waals surface area contributed by atoms with Gasteiger partial charge < -0.3 is 9.42 Å². The van der Waals surface area contributed by atoms with Crippen molar-refractivity contribution in [2.45, 2.75) is 51.5 Å². The Morgan fingerprint density at radius 3 is 2.64 bits per heavy atom. The van der Waals surface area contributed by atoms with Crippen molar-refractivity contribution in [2.24, 2.45) is 5.92 Å². The highest BCUT2D eigenvalue weighted by Crippen LogP contribution is 2.38. The second-order valence-corrected chi connectivity index (χ2v) is 7.55. The Hall–Kier alpha value is -1.95. The molecule has 0 amide bonds. The van der Waals surface area contributed by atoms with Gasteiger partial charge in [-0.05, 0) is 51.6 Å². The van der Waals surface area contributed by atoms with Crippen LogP contribution in [0.4, 0.5) is 0 Å². The zero-order valence-electron chi connectivity index (χ0n) is 14.9. The van der Waals surface area contributed by atoms with Crippen molar-refractivity contribution in [3.63, 3.8) is 0 Å². The molecule has 0 bridgehead atoms. The maximum Gasteiger partial charge on any atom is 0.253 e. The van der Waals surface area contributed by atoms with E-state index in [2.05, 4.69) is 15.0 Å². The molecule has 0 spiro atoms. The predicted octanol–water partition coefficient (Wildman–Crippen LogP) is 2.37. The van der Waals surface area contributed by atoms with E-state index in [0.29, 0.717) is 11.8 Å². The van der Waals surface area contributed by atoms with Gasteiger partial charge in [0.15, 0.2) is 0 Å². The average Bonchev–Trinajstić information content (AvgIpc) is 3.38. The van der Waals surface area contributed by atoms with E-state index in [9.17, 15) is 4.79 Å². The molecule has 25 heavy (non-hydrogen) atoms. The molecule has 1 aliphatic carbocycles. The van der Waals surface area contributed by atoms with Crippen molar-refractivity contribution in [2.75, 3.05) is 19.6 Å². The molecular formula is C19H26N4O2. The first-order chi connectivity index (χ1) is 12.2. The van der Waals surface area contributed by atoms with E-state index in [1.807, 2.05) is 13.0 Å². The largest absolute Gasteiger partial charge is 0.361 e. The molecule has 0 N–H and O–H groups in total. The first-order valence-electron chi connectivity index (χ1n) is 9.38. The fourth-order valence-electron chi connectivity index (χ4n) is 3.65. The Balaban J connectivity index is 1.25. The molecular weight excluding hydrogens is 316 g/mol. The third kappa shape index (κ3) is 4.18. The van der Waals surface area contributed by atoms with Gasteiger partial charge in [-0.2, -0.15) is 0 Å². The molecule has 134 valence electrons. The maximum atomic E-state index is 12.3. The molecule has 6 nitrogen and oxygen atoms in total. The van der Waals surface area contributed by atoms with Crippen molar-refractivity contribution < 1.29 is 4.52 Å². The van der Waals surface area contributed by atoms with Crippen LogP contribution < -0.4 is 5.56 Å². The van der Waals surface area contributed by atoms with Crippen LogP contribution in [0.25, 0.3) is 0 Å². The summed E-state index contributed by atoms with van der Waals surface area (Å²) in [4.78, 5) is 19.2. The van der Waals surface area contributed by atoms with Crippen LogP contribution >= 0.6 is 0 Å². The minimum atomic E-state index is 0.111. The third-order valence-corrected chi connectivity index (χ3v) is 5.41. The summed E-state index contributed by atoms with van der Waals surface area (Å²) in [6.45, 7) is 5.93. The van der Waals surface area contributed by atoms with Crippen molar-refractivity contribution in [3.05, 3.63) is 46.0 Å². The van der Waals surface area contributed by atoms with Crippen LogP contribution in [0.1, 0.15) is 48.7 Å². The summed E-state index contributed by atoms with van der Waals surface area (Å²) in [5.74, 6) is 2.07. The summed E-state index contributed by atoms with van der Waals surface area (Å²) in [6, 6.07) is 3.75. The van der Waals surface area contributed by atoms with Gasteiger partial charge in [-0.1, -0.05) is 5.16 Å². The van der Waals surface area contributed by atoms with Crippen molar-refractivity contribution in [3.8, 4) is 0 Å². The second-order valence-electron chi connectivity index (χ2n) is 7.55. The normalized spacial score (nSPS) is 19.4. The Morgan fingerprint density at radius 1 is 1.20 bits per heavy atom. The van der Waals surface area contributed by atoms with Gasteiger partial charge in [-0.15, -0.1) is 0 Å². The fraction of sp³-hybridized carbons (Fsp3) is 0.632. The topological polar surface area (TPSA) is 64.2 Å². The van der Waals surface area contributed by atoms with Gasteiger partial charge in [0.25, 0.3) is 5.56 Å². The fourth-order valence-corrected chi connectivity index (χ4v) is 3.65. The number of likely N-dealkylation sites (tertiary alicyclic amines) is 1. The highest BCUT2D eigenvalue weighted by atomic mass is 16.5. The molecule has 2 aliphatic rings. The lowest BCUT2D eigenvalue weighted by Crippen LogP contribution is -2.37. The molecule has 6 heteroatoms. The summed E-state index contributed by atoms with van der Waals surface area (Å²) in [5, 5.41) is 3.94. The minimum absolute atomic E-state index is 0.111. The first kappa shape index (κ1) is 16.5. The van der Waals surface area contributed by atoms with E-state index in [-0.39, 0.29) is 5.56 Å². The molecule has 1 saturated carbocycles. The highest BCUT2D eigenvalue weighted by Gasteiger charge is 2.26. The highest BCUT2D eigenvalue weighted by molar-refractivity contribution is 5.12. The summed E-state index contributed by atoms with van der Waals surface area (Å²) in [7, 11) is 0. The smallest absolute Gasteiger partial charge is 0.253 e. The van der Waals surface area contributed by atoms with Gasteiger partial charge in [0.1, 0.15) is 5.76 Å². The molecule has 3 heterocycles. The lowest BCUT2D eigenvalue weighted by atomic mass is 9.96. The molecule has 2 aromatic heterocycles. The van der Waals surface area contributed by atoms with Crippen LogP contribution in [-0.4, -0.2) is 39.2 Å². The lowest BCUT2D eigenvalue weighted by Gasteiger charge is -2.31. The van der Waals surface area contributed by atoms with E-state index in [0.717, 1.165) is 62.6 Å². The standard InChI is InChI=1S/C19H26N4O2/c1-14-10-17(25-21-14)6-9-22-7-4-15(5-8-22)12-23-13-20-18(11-19(23)24)16-2-3-16/h10-11,13,15-16H,2-9,12H2,1H3. The number of aryl methyl sites for hydroxylation is 1. The molecule has 2 aromatic rings. The number of piperidine rings is 1. The third-order valence-electron chi connectivity index (χ3n) is 5.41. The monoisotopic (exact) mass is 342 g/mol. The first-order valence-corrected chi connectivity index (χ1v) is 9.38. The molecule has 0 atom stereocenters. The van der Waals surface area contributed by atoms with E-state index < -0.39 is 0 Å². The van der Waals surface area contributed by atoms with E-state index in [4.69, 9.17) is 4.52 Å². The Kier molecular flexibility index (Phi) is 4.70. The van der Waals surface area contributed by atoms with Gasteiger partial charge in [0.2, 0.25) is 0 Å². The van der Waals surface area contributed by atoms with Crippen LogP contribution in [0, 0.1) is 12.8 Å². The van der Waals surface area contributed by atoms with E-state index >= 15 is 0 Å². The number of rotatable bonds is 6. The molecule has 4 rings (SSSR count). The van der Waals surface area contributed by atoms with Gasteiger partial charge in [0.05, 0.1) is 17.7 Å². The Labute approximate surface area is 147 Å². The minimum Gasteiger partial charge on any atom is -0.361 e. The Morgan fingerprint density at radius 2 is 2.00 bits per heavy atom. The zero-order valence-corrected chi connectivity index (χ0v) is 14.9. The number of hydrogen-bond donors (Lipinski definition) is 0. The molecule has 1 saturated heterocycles. The summed E-state index contributed by atoms with van der Waals surface area (Å²) >= 11 is 0. The van der Waals surface area contributed by atoms with Crippen LogP contribution in [-0.2, 0) is 13.0 Å². The quantitative estimate of drug-likeness (QED) is 0.806. The molecule has 0 aromatic carbocycles. The molecule has 0 radical (unpaired) electrons. The van der Waals surface area contributed by atoms with Crippen LogP contribution in [0.15, 0.2) is 27.8 Å². The lowest BCUT2D eigenvalue weighted by molar-refractivity contribution is 0.171. The van der Waals surface area contributed by atoms with Crippen molar-refractivity contribution in [1.29, 1.82) is 0 Å². The average molecular weight is 342 g/mol. The Bertz CT molecular complexity index is 770. The van der Waals surface area contributed by atoms with Gasteiger partial charge >= 0.3 is 0 Å². The molecule has 2 fully saturated rings. The number of hydrogen-bond acceptors (Lipinski definition) is 5. The van der Waals surface area contributed by atoms with Crippen LogP contribution in [0.5, 0.6) is 0 Å². The SMILES string of the molecule is Cc1cc(CCN2CCC(Cn3cnc(C4CC4)cc3=O)CC2)on1. The maximum absolute atomic E-state index is 12.3. The van der Waals surface area contributed by atoms with Crippen molar-refractivity contribution >= 4 is 0 Å². The van der Waals surface area contributed by atoms with Gasteiger partial charge in [-0.25, -0.2) is 4.98 Å².